The number of rotatable bonds is 10. The van der Waals surface area contributed by atoms with Gasteiger partial charge in [-0.2, -0.15) is 0 Å². The van der Waals surface area contributed by atoms with Gasteiger partial charge in [-0.25, -0.2) is 8.42 Å². The third-order valence-corrected chi connectivity index (χ3v) is 8.48. The number of amides is 2. The van der Waals surface area contributed by atoms with Gasteiger partial charge in [-0.1, -0.05) is 48.0 Å². The standard InChI is InChI=1S/C29H32ClN3O6S/c1-20(2)31-29(35)21(3)32(18-22-9-7-8-12-25(22)30)28(34)19-33(40(36,37)24-10-5-4-6-11-24)23-13-14-26-27(17-23)39-16-15-38-26/h4-14,17,20-21H,15-16,18-19H2,1-3H3,(H,31,35)/t21-/m1/s1. The number of hydrogen-bond donors (Lipinski definition) is 1. The van der Waals surface area contributed by atoms with Crippen LogP contribution in [0.5, 0.6) is 11.5 Å². The van der Waals surface area contributed by atoms with Gasteiger partial charge in [0.1, 0.15) is 25.8 Å². The van der Waals surface area contributed by atoms with Gasteiger partial charge in [0, 0.05) is 23.7 Å². The fourth-order valence-corrected chi connectivity index (χ4v) is 5.86. The molecule has 0 fully saturated rings. The summed E-state index contributed by atoms with van der Waals surface area (Å²) in [4.78, 5) is 28.3. The van der Waals surface area contributed by atoms with Gasteiger partial charge in [0.05, 0.1) is 10.6 Å². The Kier molecular flexibility index (Phi) is 9.21. The molecular formula is C29H32ClN3O6S. The van der Waals surface area contributed by atoms with Crippen LogP contribution in [0.2, 0.25) is 5.02 Å². The van der Waals surface area contributed by atoms with Crippen LogP contribution in [0.3, 0.4) is 0 Å². The number of halogens is 1. The first kappa shape index (κ1) is 29.2. The molecule has 0 radical (unpaired) electrons. The van der Waals surface area contributed by atoms with E-state index in [9.17, 15) is 18.0 Å². The number of carbonyl (C=O) groups excluding carboxylic acids is 2. The number of hydrogen-bond acceptors (Lipinski definition) is 6. The fraction of sp³-hybridized carbons (Fsp3) is 0.310. The molecule has 2 amide bonds. The second-order valence-corrected chi connectivity index (χ2v) is 11.9. The highest BCUT2D eigenvalue weighted by Gasteiger charge is 2.33. The van der Waals surface area contributed by atoms with Crippen molar-refractivity contribution in [2.45, 2.75) is 44.3 Å². The van der Waals surface area contributed by atoms with Crippen molar-refractivity contribution in [3.8, 4) is 11.5 Å². The van der Waals surface area contributed by atoms with Crippen molar-refractivity contribution in [3.63, 3.8) is 0 Å². The quantitative estimate of drug-likeness (QED) is 0.381. The van der Waals surface area contributed by atoms with E-state index in [-0.39, 0.29) is 29.1 Å². The summed E-state index contributed by atoms with van der Waals surface area (Å²) in [7, 11) is -4.19. The highest BCUT2D eigenvalue weighted by molar-refractivity contribution is 7.92. The summed E-state index contributed by atoms with van der Waals surface area (Å²) in [6.45, 7) is 5.37. The molecule has 0 bridgehead atoms. The van der Waals surface area contributed by atoms with Crippen molar-refractivity contribution in [3.05, 3.63) is 83.4 Å². The van der Waals surface area contributed by atoms with Crippen LogP contribution in [-0.4, -0.2) is 57.0 Å². The number of nitrogens with zero attached hydrogens (tertiary/aromatic N) is 2. The predicted octanol–water partition coefficient (Wildman–Crippen LogP) is 4.25. The van der Waals surface area contributed by atoms with Crippen molar-refractivity contribution in [1.82, 2.24) is 10.2 Å². The Morgan fingerprint density at radius 2 is 1.57 bits per heavy atom. The summed E-state index contributed by atoms with van der Waals surface area (Å²) >= 11 is 6.39. The van der Waals surface area contributed by atoms with Gasteiger partial charge in [0.2, 0.25) is 11.8 Å². The molecule has 1 N–H and O–H groups in total. The number of anilines is 1. The van der Waals surface area contributed by atoms with Crippen molar-refractivity contribution in [2.24, 2.45) is 0 Å². The molecule has 1 atom stereocenters. The van der Waals surface area contributed by atoms with E-state index >= 15 is 0 Å². The van der Waals surface area contributed by atoms with Crippen LogP contribution >= 0.6 is 11.6 Å². The van der Waals surface area contributed by atoms with Crippen molar-refractivity contribution < 1.29 is 27.5 Å². The van der Waals surface area contributed by atoms with Crippen LogP contribution in [0, 0.1) is 0 Å². The molecular weight excluding hydrogens is 554 g/mol. The number of benzene rings is 3. The van der Waals surface area contributed by atoms with Gasteiger partial charge in [-0.15, -0.1) is 0 Å². The zero-order valence-electron chi connectivity index (χ0n) is 22.5. The van der Waals surface area contributed by atoms with Crippen LogP contribution in [0.15, 0.2) is 77.7 Å². The molecule has 3 aromatic rings. The van der Waals surface area contributed by atoms with E-state index in [2.05, 4.69) is 5.32 Å². The number of nitrogens with one attached hydrogen (secondary N) is 1. The largest absolute Gasteiger partial charge is 0.486 e. The SMILES string of the molecule is CC(C)NC(=O)[C@@H](C)N(Cc1ccccc1Cl)C(=O)CN(c1ccc2c(c1)OCCO2)S(=O)(=O)c1ccccc1. The summed E-state index contributed by atoms with van der Waals surface area (Å²) in [6, 6.07) is 18.5. The topological polar surface area (TPSA) is 105 Å². The molecule has 0 spiro atoms. The summed E-state index contributed by atoms with van der Waals surface area (Å²) < 4.78 is 40.1. The molecule has 1 heterocycles. The smallest absolute Gasteiger partial charge is 0.264 e. The first-order valence-electron chi connectivity index (χ1n) is 12.9. The Bertz CT molecular complexity index is 1470. The minimum absolute atomic E-state index is 0.00551. The third kappa shape index (κ3) is 6.68. The van der Waals surface area contributed by atoms with Crippen LogP contribution < -0.4 is 19.1 Å². The Balaban J connectivity index is 1.74. The predicted molar refractivity (Wildman–Crippen MR) is 153 cm³/mol. The van der Waals surface area contributed by atoms with E-state index in [1.165, 1.54) is 23.1 Å². The lowest BCUT2D eigenvalue weighted by atomic mass is 10.1. The molecule has 40 heavy (non-hydrogen) atoms. The van der Waals surface area contributed by atoms with Gasteiger partial charge in [0.15, 0.2) is 11.5 Å². The molecule has 0 unspecified atom stereocenters. The summed E-state index contributed by atoms with van der Waals surface area (Å²) in [6.07, 6.45) is 0. The van der Waals surface area contributed by atoms with Gasteiger partial charge in [-0.05, 0) is 56.7 Å². The average Bonchev–Trinajstić information content (AvgIpc) is 2.94. The lowest BCUT2D eigenvalue weighted by Crippen LogP contribution is -2.52. The molecule has 3 aromatic carbocycles. The average molecular weight is 586 g/mol. The van der Waals surface area contributed by atoms with Crippen LogP contribution in [-0.2, 0) is 26.2 Å². The van der Waals surface area contributed by atoms with Crippen LogP contribution in [0.4, 0.5) is 5.69 Å². The van der Waals surface area contributed by atoms with E-state index in [0.717, 1.165) is 4.31 Å². The first-order valence-corrected chi connectivity index (χ1v) is 14.7. The van der Waals surface area contributed by atoms with E-state index in [1.54, 1.807) is 61.5 Å². The number of carbonyl (C=O) groups is 2. The molecule has 0 saturated heterocycles. The lowest BCUT2D eigenvalue weighted by molar-refractivity contribution is -0.139. The third-order valence-electron chi connectivity index (χ3n) is 6.32. The highest BCUT2D eigenvalue weighted by atomic mass is 35.5. The maximum absolute atomic E-state index is 14.0. The van der Waals surface area contributed by atoms with Crippen molar-refractivity contribution >= 4 is 39.1 Å². The monoisotopic (exact) mass is 585 g/mol. The van der Waals surface area contributed by atoms with Gasteiger partial charge >= 0.3 is 0 Å². The second-order valence-electron chi connectivity index (χ2n) is 9.61. The zero-order chi connectivity index (χ0) is 28.9. The summed E-state index contributed by atoms with van der Waals surface area (Å²) in [5.74, 6) is -0.0901. The number of fused-ring (bicyclic) bond motifs is 1. The molecule has 0 aromatic heterocycles. The normalized spacial score (nSPS) is 13.4. The van der Waals surface area contributed by atoms with E-state index < -0.39 is 28.5 Å². The Morgan fingerprint density at radius 1 is 0.925 bits per heavy atom. The molecule has 0 saturated carbocycles. The van der Waals surface area contributed by atoms with Crippen LogP contribution in [0.1, 0.15) is 26.3 Å². The molecule has 11 heteroatoms. The minimum Gasteiger partial charge on any atom is -0.486 e. The van der Waals surface area contributed by atoms with Gasteiger partial charge < -0.3 is 19.7 Å². The number of sulfonamides is 1. The molecule has 1 aliphatic rings. The summed E-state index contributed by atoms with van der Waals surface area (Å²) in [5.41, 5.74) is 0.844. The van der Waals surface area contributed by atoms with E-state index in [1.807, 2.05) is 13.8 Å². The Morgan fingerprint density at radius 3 is 2.25 bits per heavy atom. The zero-order valence-corrected chi connectivity index (χ0v) is 24.1. The molecule has 1 aliphatic heterocycles. The molecule has 0 aliphatic carbocycles. The Hall–Kier alpha value is -3.76. The Labute approximate surface area is 239 Å². The summed E-state index contributed by atoms with van der Waals surface area (Å²) in [5, 5.41) is 3.25. The van der Waals surface area contributed by atoms with Crippen molar-refractivity contribution in [1.29, 1.82) is 0 Å². The van der Waals surface area contributed by atoms with Gasteiger partial charge in [0.25, 0.3) is 10.0 Å². The first-order chi connectivity index (χ1) is 19.1. The molecule has 4 rings (SSSR count). The minimum atomic E-state index is -4.19. The van der Waals surface area contributed by atoms with Crippen molar-refractivity contribution in [2.75, 3.05) is 24.1 Å². The molecule has 9 nitrogen and oxygen atoms in total. The maximum Gasteiger partial charge on any atom is 0.264 e. The van der Waals surface area contributed by atoms with E-state index in [0.29, 0.717) is 35.3 Å². The van der Waals surface area contributed by atoms with Crippen LogP contribution in [0.25, 0.3) is 0 Å². The van der Waals surface area contributed by atoms with Gasteiger partial charge in [-0.3, -0.25) is 13.9 Å². The molecule has 212 valence electrons. The highest BCUT2D eigenvalue weighted by Crippen LogP contribution is 2.36. The van der Waals surface area contributed by atoms with E-state index in [4.69, 9.17) is 21.1 Å². The maximum atomic E-state index is 14.0. The fourth-order valence-electron chi connectivity index (χ4n) is 4.23. The lowest BCUT2D eigenvalue weighted by Gasteiger charge is -2.32. The number of ether oxygens (including phenoxy) is 2. The second kappa shape index (κ2) is 12.6.